The molecule has 1 atom stereocenters. The van der Waals surface area contributed by atoms with Crippen molar-refractivity contribution < 1.29 is 41.0 Å². The molecule has 25 heavy (non-hydrogen) atoms. The van der Waals surface area contributed by atoms with E-state index in [0.29, 0.717) is 6.07 Å². The summed E-state index contributed by atoms with van der Waals surface area (Å²) in [5, 5.41) is 11.5. The number of benzene rings is 1. The fourth-order valence-electron chi connectivity index (χ4n) is 1.99. The summed E-state index contributed by atoms with van der Waals surface area (Å²) in [5.41, 5.74) is -6.00. The van der Waals surface area contributed by atoms with Gasteiger partial charge < -0.3 is 15.2 Å². The Balaban J connectivity index is 3.37. The molecule has 0 aliphatic heterocycles. The van der Waals surface area contributed by atoms with Crippen molar-refractivity contribution in [2.75, 3.05) is 6.61 Å². The number of nitrogens with one attached hydrogen (secondary N) is 1. The van der Waals surface area contributed by atoms with E-state index in [1.807, 2.05) is 0 Å². The third kappa shape index (κ3) is 5.08. The molecule has 0 bridgehead atoms. The third-order valence-corrected chi connectivity index (χ3v) is 4.59. The Labute approximate surface area is 141 Å². The van der Waals surface area contributed by atoms with Crippen LogP contribution in [0.5, 0.6) is 5.75 Å². The number of phenols is 1. The number of carbonyl (C=O) groups excluding carboxylic acids is 2. The minimum absolute atomic E-state index is 0.0434. The van der Waals surface area contributed by atoms with Crippen molar-refractivity contribution in [1.82, 2.24) is 5.32 Å². The maximum Gasteiger partial charge on any atom is 0.501 e. The first kappa shape index (κ1) is 20.7. The molecule has 11 heteroatoms. The van der Waals surface area contributed by atoms with E-state index in [0.717, 1.165) is 19.1 Å². The van der Waals surface area contributed by atoms with Crippen LogP contribution in [0.3, 0.4) is 0 Å². The fourth-order valence-corrected chi connectivity index (χ4v) is 3.01. The van der Waals surface area contributed by atoms with Gasteiger partial charge in [0, 0.05) is 13.3 Å². The molecule has 2 N–H and O–H groups in total. The zero-order valence-electron chi connectivity index (χ0n) is 13.3. The number of esters is 1. The summed E-state index contributed by atoms with van der Waals surface area (Å²) in [4.78, 5) is 21.8. The number of rotatable bonds is 6. The van der Waals surface area contributed by atoms with Crippen molar-refractivity contribution in [3.8, 4) is 5.75 Å². The van der Waals surface area contributed by atoms with Crippen LogP contribution in [-0.2, 0) is 30.6 Å². The monoisotopic (exact) mass is 383 g/mol. The summed E-state index contributed by atoms with van der Waals surface area (Å²) in [5.74, 6) is -2.28. The van der Waals surface area contributed by atoms with E-state index in [2.05, 4.69) is 5.32 Å². The molecule has 0 saturated carbocycles. The molecule has 1 aromatic rings. The van der Waals surface area contributed by atoms with Crippen LogP contribution < -0.4 is 5.32 Å². The van der Waals surface area contributed by atoms with Crippen LogP contribution in [0.25, 0.3) is 0 Å². The summed E-state index contributed by atoms with van der Waals surface area (Å²) in [6.45, 7) is 2.53. The Morgan fingerprint density at radius 1 is 1.32 bits per heavy atom. The second kappa shape index (κ2) is 7.72. The Hall–Kier alpha value is -2.30. The Morgan fingerprint density at radius 2 is 1.92 bits per heavy atom. The summed E-state index contributed by atoms with van der Waals surface area (Å²) in [6, 6.07) is 0.959. The minimum atomic E-state index is -5.77. The van der Waals surface area contributed by atoms with E-state index < -0.39 is 55.9 Å². The van der Waals surface area contributed by atoms with Gasteiger partial charge in [-0.25, -0.2) is 13.2 Å². The van der Waals surface area contributed by atoms with Crippen LogP contribution in [0.4, 0.5) is 13.2 Å². The van der Waals surface area contributed by atoms with E-state index in [1.54, 1.807) is 0 Å². The highest BCUT2D eigenvalue weighted by Crippen LogP contribution is 2.34. The molecule has 0 saturated heterocycles. The van der Waals surface area contributed by atoms with Crippen LogP contribution in [0.2, 0.25) is 0 Å². The van der Waals surface area contributed by atoms with Gasteiger partial charge in [-0.15, -0.1) is 0 Å². The third-order valence-electron chi connectivity index (χ3n) is 3.02. The van der Waals surface area contributed by atoms with Gasteiger partial charge in [0.15, 0.2) is 0 Å². The van der Waals surface area contributed by atoms with Gasteiger partial charge in [0.05, 0.1) is 11.5 Å². The normalized spacial score (nSPS) is 13.2. The van der Waals surface area contributed by atoms with Gasteiger partial charge in [-0.1, -0.05) is 6.07 Å². The van der Waals surface area contributed by atoms with Crippen LogP contribution in [0.1, 0.15) is 19.4 Å². The lowest BCUT2D eigenvalue weighted by Crippen LogP contribution is -2.42. The quantitative estimate of drug-likeness (QED) is 0.717. The first-order valence-electron chi connectivity index (χ1n) is 6.97. The van der Waals surface area contributed by atoms with Crippen molar-refractivity contribution >= 4 is 21.7 Å². The number of hydrogen-bond acceptors (Lipinski definition) is 6. The second-order valence-electron chi connectivity index (χ2n) is 4.95. The number of phenolic OH excluding ortho intramolecular Hbond substituents is 1. The van der Waals surface area contributed by atoms with Gasteiger partial charge in [0.1, 0.15) is 11.8 Å². The van der Waals surface area contributed by atoms with Gasteiger partial charge in [0.25, 0.3) is 9.84 Å². The van der Waals surface area contributed by atoms with E-state index in [-0.39, 0.29) is 6.61 Å². The average molecular weight is 383 g/mol. The lowest BCUT2D eigenvalue weighted by molar-refractivity contribution is -0.147. The molecule has 0 aliphatic carbocycles. The molecule has 1 rings (SSSR count). The highest BCUT2D eigenvalue weighted by Gasteiger charge is 2.48. The molecular weight excluding hydrogens is 367 g/mol. The summed E-state index contributed by atoms with van der Waals surface area (Å²) in [6.07, 6.45) is -0.566. The number of alkyl halides is 3. The van der Waals surface area contributed by atoms with E-state index >= 15 is 0 Å². The Morgan fingerprint density at radius 3 is 2.40 bits per heavy atom. The smallest absolute Gasteiger partial charge is 0.501 e. The van der Waals surface area contributed by atoms with Gasteiger partial charge in [0.2, 0.25) is 5.91 Å². The van der Waals surface area contributed by atoms with Gasteiger partial charge >= 0.3 is 11.5 Å². The van der Waals surface area contributed by atoms with Crippen molar-refractivity contribution in [3.05, 3.63) is 23.8 Å². The predicted molar refractivity (Wildman–Crippen MR) is 79.3 cm³/mol. The number of hydrogen-bond donors (Lipinski definition) is 2. The van der Waals surface area contributed by atoms with Gasteiger partial charge in [-0.3, -0.25) is 4.79 Å². The number of carbonyl (C=O) groups is 2. The second-order valence-corrected chi connectivity index (χ2v) is 6.86. The summed E-state index contributed by atoms with van der Waals surface area (Å²) >= 11 is 0. The number of ether oxygens (including phenoxy) is 1. The summed E-state index contributed by atoms with van der Waals surface area (Å²) in [7, 11) is -5.77. The van der Waals surface area contributed by atoms with E-state index in [9.17, 15) is 36.3 Å². The molecule has 0 aliphatic rings. The maximum atomic E-state index is 12.8. The molecule has 1 amide bonds. The molecule has 7 nitrogen and oxygen atoms in total. The molecule has 0 fully saturated rings. The Bertz CT molecular complexity index is 760. The number of sulfone groups is 1. The van der Waals surface area contributed by atoms with Crippen LogP contribution >= 0.6 is 0 Å². The van der Waals surface area contributed by atoms with E-state index in [1.165, 1.54) is 6.92 Å². The highest BCUT2D eigenvalue weighted by atomic mass is 32.2. The largest absolute Gasteiger partial charge is 0.508 e. The first-order chi connectivity index (χ1) is 11.4. The SMILES string of the molecule is CCOC(=O)[C@H](Cc1ccc(O)cc1S(=O)(=O)C(F)(F)F)NC(C)=O. The average Bonchev–Trinajstić information content (AvgIpc) is 2.46. The molecule has 0 heterocycles. The standard InChI is InChI=1S/C14H16F3NO6S/c1-3-24-13(21)11(18-8(2)19)6-9-4-5-10(20)7-12(9)25(22,23)14(15,16)17/h4-5,7,11,20H,3,6H2,1-2H3,(H,18,19)/t11-/m0/s1. The highest BCUT2D eigenvalue weighted by molar-refractivity contribution is 7.92. The zero-order valence-corrected chi connectivity index (χ0v) is 14.1. The van der Waals surface area contributed by atoms with Crippen molar-refractivity contribution in [2.24, 2.45) is 0 Å². The number of amides is 1. The lowest BCUT2D eigenvalue weighted by atomic mass is 10.1. The molecule has 0 aromatic heterocycles. The number of aromatic hydroxyl groups is 1. The van der Waals surface area contributed by atoms with Crippen LogP contribution in [0, 0.1) is 0 Å². The molecule has 1 aromatic carbocycles. The van der Waals surface area contributed by atoms with Gasteiger partial charge in [-0.05, 0) is 24.6 Å². The molecular formula is C14H16F3NO6S. The van der Waals surface area contributed by atoms with Crippen molar-refractivity contribution in [2.45, 2.75) is 36.7 Å². The minimum Gasteiger partial charge on any atom is -0.508 e. The van der Waals surface area contributed by atoms with Gasteiger partial charge in [-0.2, -0.15) is 13.2 Å². The van der Waals surface area contributed by atoms with E-state index in [4.69, 9.17) is 4.74 Å². The lowest BCUT2D eigenvalue weighted by Gasteiger charge is -2.19. The topological polar surface area (TPSA) is 110 Å². The Kier molecular flexibility index (Phi) is 6.41. The molecule has 0 radical (unpaired) electrons. The van der Waals surface area contributed by atoms with Crippen molar-refractivity contribution in [3.63, 3.8) is 0 Å². The van der Waals surface area contributed by atoms with Crippen LogP contribution in [-0.4, -0.2) is 43.6 Å². The fraction of sp³-hybridized carbons (Fsp3) is 0.429. The van der Waals surface area contributed by atoms with Crippen molar-refractivity contribution in [1.29, 1.82) is 0 Å². The zero-order chi connectivity index (χ0) is 19.4. The number of halogens is 3. The molecule has 140 valence electrons. The molecule has 0 spiro atoms. The molecule has 0 unspecified atom stereocenters. The maximum absolute atomic E-state index is 12.8. The first-order valence-corrected chi connectivity index (χ1v) is 8.45. The summed E-state index contributed by atoms with van der Waals surface area (Å²) < 4.78 is 66.6. The predicted octanol–water partition coefficient (Wildman–Crippen LogP) is 1.30. The van der Waals surface area contributed by atoms with Crippen LogP contribution in [0.15, 0.2) is 23.1 Å².